The van der Waals surface area contributed by atoms with Gasteiger partial charge in [-0.3, -0.25) is 23.8 Å². The quantitative estimate of drug-likeness (QED) is 0.0321. The van der Waals surface area contributed by atoms with Gasteiger partial charge in [-0.2, -0.15) is 0 Å². The molecule has 0 saturated carbocycles. The first kappa shape index (κ1) is 36.7. The van der Waals surface area contributed by atoms with Crippen molar-refractivity contribution in [2.24, 2.45) is 5.16 Å². The maximum Gasteiger partial charge on any atom is 0.352 e. The highest BCUT2D eigenvalue weighted by atomic mass is 32.3. The summed E-state index contributed by atoms with van der Waals surface area (Å²) >= 11 is 5.26. The normalized spacial score (nSPS) is 17.5. The average molecular weight is 759 g/mol. The van der Waals surface area contributed by atoms with Crippen molar-refractivity contribution in [1.29, 1.82) is 0 Å². The number of carbonyl (C=O) groups excluding carboxylic acids is 3. The van der Waals surface area contributed by atoms with Gasteiger partial charge >= 0.3 is 5.97 Å². The van der Waals surface area contributed by atoms with Crippen LogP contribution in [-0.4, -0.2) is 104 Å². The van der Waals surface area contributed by atoms with Gasteiger partial charge in [-0.15, -0.1) is 34.4 Å². The monoisotopic (exact) mass is 758 g/mol. The van der Waals surface area contributed by atoms with E-state index in [9.17, 15) is 24.3 Å². The summed E-state index contributed by atoms with van der Waals surface area (Å²) in [5.74, 6) is -1.95. The van der Waals surface area contributed by atoms with Crippen LogP contribution in [0, 0.1) is 0 Å². The molecule has 3 aromatic rings. The number of hydrogen-bond acceptors (Lipinski definition) is 16. The predicted octanol–water partition coefficient (Wildman–Crippen LogP) is -0.232. The lowest BCUT2D eigenvalue weighted by atomic mass is 10.0. The Kier molecular flexibility index (Phi) is 12.1. The molecule has 2 aliphatic heterocycles. The topological polar surface area (TPSA) is 271 Å². The lowest BCUT2D eigenvalue weighted by Gasteiger charge is -2.49. The Labute approximate surface area is 289 Å². The summed E-state index contributed by atoms with van der Waals surface area (Å²) in [6.45, 7) is 0.230. The second kappa shape index (κ2) is 15.8. The molecule has 3 amide bonds. The van der Waals surface area contributed by atoms with E-state index in [0.717, 1.165) is 26.9 Å². The van der Waals surface area contributed by atoms with Crippen molar-refractivity contribution in [3.05, 3.63) is 52.3 Å². The van der Waals surface area contributed by atoms with E-state index in [-0.39, 0.29) is 40.4 Å². The molecule has 6 N–H and O–H groups in total. The minimum absolute atomic E-state index is 0.0882. The van der Waals surface area contributed by atoms with Gasteiger partial charge in [0.05, 0.1) is 17.0 Å². The molecule has 0 aromatic carbocycles. The van der Waals surface area contributed by atoms with E-state index < -0.39 is 39.6 Å². The standard InChI is InChI=1S/C25H24N8O6S4.H2O4S/c1-27-16(34)11-43-25-29-14(9-42-25)12-4-3-5-32(6-12)7-13-8-40-22-18(21(36)33(22)19(13)23(37)38)30-20(35)17(31-39-2)15-10-41-24(26)28-15;1-5(2,3)4/h3-6,9-10,18,22H,7-8,11H2,1-2H3,(H4-,26,27,28,30,34,35,37,38);(H2,1,2,3,4)/b31-17-;. The van der Waals surface area contributed by atoms with Crippen LogP contribution < -0.4 is 20.9 Å². The molecule has 2 unspecified atom stereocenters. The number of amides is 3. The van der Waals surface area contributed by atoms with Crippen molar-refractivity contribution in [2.75, 3.05) is 31.4 Å². The number of carboxylic acid groups (broad SMARTS) is 1. The number of nitrogen functional groups attached to an aromatic ring is 1. The van der Waals surface area contributed by atoms with Gasteiger partial charge in [-0.05, 0) is 6.07 Å². The molecular weight excluding hydrogens is 733 g/mol. The van der Waals surface area contributed by atoms with E-state index in [4.69, 9.17) is 28.1 Å². The minimum atomic E-state index is -4.92. The maximum absolute atomic E-state index is 13.2. The van der Waals surface area contributed by atoms with Gasteiger partial charge in [0.15, 0.2) is 34.1 Å². The zero-order chi connectivity index (χ0) is 35.2. The number of hydrogen-bond donors (Lipinski definition) is 5. The largest absolute Gasteiger partial charge is 0.726 e. The molecule has 2 atom stereocenters. The molecule has 23 heteroatoms. The summed E-state index contributed by atoms with van der Waals surface area (Å²) in [5, 5.41) is 22.1. The van der Waals surface area contributed by atoms with Gasteiger partial charge in [-0.25, -0.2) is 27.7 Å². The van der Waals surface area contributed by atoms with Gasteiger partial charge in [0.25, 0.3) is 11.8 Å². The van der Waals surface area contributed by atoms with Gasteiger partial charge < -0.3 is 30.9 Å². The number of thiazole rings is 2. The number of aromatic nitrogens is 3. The number of oxime groups is 1. The van der Waals surface area contributed by atoms with Crippen molar-refractivity contribution in [1.82, 2.24) is 25.5 Å². The molecule has 1 saturated heterocycles. The molecule has 0 bridgehead atoms. The molecule has 0 aliphatic carbocycles. The summed E-state index contributed by atoms with van der Waals surface area (Å²) in [4.78, 5) is 64.7. The fraction of sp³-hybridized carbons (Fsp3) is 0.280. The molecule has 0 spiro atoms. The maximum atomic E-state index is 13.2. The third-order valence-electron chi connectivity index (χ3n) is 6.31. The molecule has 18 nitrogen and oxygen atoms in total. The van der Waals surface area contributed by atoms with Crippen LogP contribution in [0.15, 0.2) is 56.1 Å². The Morgan fingerprint density at radius 2 is 2.02 bits per heavy atom. The van der Waals surface area contributed by atoms with E-state index in [2.05, 4.69) is 25.8 Å². The Hall–Kier alpha value is -4.13. The number of nitrogens with one attached hydrogen (secondary N) is 2. The third kappa shape index (κ3) is 9.27. The van der Waals surface area contributed by atoms with Crippen LogP contribution in [0.4, 0.5) is 5.13 Å². The lowest BCUT2D eigenvalue weighted by molar-refractivity contribution is -0.688. The molecule has 256 valence electrons. The molecule has 0 radical (unpaired) electrons. The van der Waals surface area contributed by atoms with Crippen LogP contribution in [0.5, 0.6) is 0 Å². The van der Waals surface area contributed by atoms with E-state index in [1.165, 1.54) is 46.9 Å². The molecule has 5 rings (SSSR count). The molecule has 2 aliphatic rings. The number of nitrogens with zero attached hydrogens (tertiary/aromatic N) is 5. The summed E-state index contributed by atoms with van der Waals surface area (Å²) in [6, 6.07) is 2.77. The zero-order valence-corrected chi connectivity index (χ0v) is 28.8. The SMILES string of the molecule is CNC(=O)CSc1nc(-c2ccc[n+](CC3=C(C(=O)O)N4C(=O)C(NC(=O)/C(=N\OC)c5csc(N)n5)C4SC3)c2)cs1.O=S(=O)([O-])O. The van der Waals surface area contributed by atoms with Crippen LogP contribution in [0.3, 0.4) is 0 Å². The Morgan fingerprint density at radius 1 is 1.29 bits per heavy atom. The molecular formula is C25H26N8O10S5. The van der Waals surface area contributed by atoms with Gasteiger partial charge in [0.1, 0.15) is 29.9 Å². The second-order valence-electron chi connectivity index (χ2n) is 9.46. The van der Waals surface area contributed by atoms with E-state index in [1.807, 2.05) is 34.5 Å². The Bertz CT molecular complexity index is 1890. The summed E-state index contributed by atoms with van der Waals surface area (Å²) in [5.41, 5.74) is 7.73. The average Bonchev–Trinajstić information content (AvgIpc) is 3.69. The fourth-order valence-corrected chi connectivity index (χ4v) is 7.94. The summed E-state index contributed by atoms with van der Waals surface area (Å²) in [6.07, 6.45) is 3.66. The molecule has 1 fully saturated rings. The highest BCUT2D eigenvalue weighted by Gasteiger charge is 2.54. The van der Waals surface area contributed by atoms with Crippen LogP contribution in [0.1, 0.15) is 5.69 Å². The molecule has 5 heterocycles. The number of aliphatic carboxylic acids is 1. The third-order valence-corrected chi connectivity index (χ3v) is 10.3. The Balaban J connectivity index is 0.000000968. The number of anilines is 1. The van der Waals surface area contributed by atoms with Crippen molar-refractivity contribution in [2.45, 2.75) is 22.3 Å². The second-order valence-corrected chi connectivity index (χ2v) is 14.4. The Morgan fingerprint density at radius 3 is 2.65 bits per heavy atom. The number of β-lactam (4-membered cyclic amide) rings is 1. The number of carbonyl (C=O) groups is 4. The number of fused-ring (bicyclic) bond motifs is 1. The van der Waals surface area contributed by atoms with Crippen LogP contribution >= 0.6 is 46.2 Å². The lowest BCUT2D eigenvalue weighted by Crippen LogP contribution is -2.71. The van der Waals surface area contributed by atoms with E-state index >= 15 is 0 Å². The minimum Gasteiger partial charge on any atom is -0.726 e. The molecule has 48 heavy (non-hydrogen) atoms. The number of rotatable bonds is 11. The fourth-order valence-electron chi connectivity index (χ4n) is 4.35. The highest BCUT2D eigenvalue weighted by molar-refractivity contribution is 8.01. The summed E-state index contributed by atoms with van der Waals surface area (Å²) < 4.78 is 35.4. The van der Waals surface area contributed by atoms with Crippen LogP contribution in [-0.2, 0) is 41.0 Å². The van der Waals surface area contributed by atoms with Gasteiger partial charge in [0.2, 0.25) is 16.3 Å². The number of nitrogens with two attached hydrogens (primary N) is 1. The highest BCUT2D eigenvalue weighted by Crippen LogP contribution is 2.40. The van der Waals surface area contributed by atoms with Crippen molar-refractivity contribution in [3.63, 3.8) is 0 Å². The number of carboxylic acids is 1. The van der Waals surface area contributed by atoms with Crippen molar-refractivity contribution >= 4 is 91.1 Å². The van der Waals surface area contributed by atoms with Crippen molar-refractivity contribution in [3.8, 4) is 11.3 Å². The molecule has 3 aromatic heterocycles. The first-order chi connectivity index (χ1) is 22.7. The first-order valence-electron chi connectivity index (χ1n) is 13.2. The van der Waals surface area contributed by atoms with Gasteiger partial charge in [-0.1, -0.05) is 16.9 Å². The smallest absolute Gasteiger partial charge is 0.352 e. The van der Waals surface area contributed by atoms with Crippen molar-refractivity contribution < 1.29 is 51.2 Å². The van der Waals surface area contributed by atoms with E-state index in [0.29, 0.717) is 11.3 Å². The summed E-state index contributed by atoms with van der Waals surface area (Å²) in [7, 11) is -2.06. The number of thioether (sulfide) groups is 2. The van der Waals surface area contributed by atoms with Gasteiger partial charge in [0, 0.05) is 35.2 Å². The van der Waals surface area contributed by atoms with Crippen LogP contribution in [0.25, 0.3) is 11.3 Å². The van der Waals surface area contributed by atoms with Crippen LogP contribution in [0.2, 0.25) is 0 Å². The first-order valence-corrected chi connectivity index (χ1v) is 18.4. The number of pyridine rings is 1. The zero-order valence-electron chi connectivity index (χ0n) is 24.8. The van der Waals surface area contributed by atoms with E-state index in [1.54, 1.807) is 12.4 Å². The predicted molar refractivity (Wildman–Crippen MR) is 175 cm³/mol.